The van der Waals surface area contributed by atoms with Gasteiger partial charge in [0.25, 0.3) is 11.8 Å². The van der Waals surface area contributed by atoms with Crippen LogP contribution in [0.25, 0.3) is 0 Å². The maximum Gasteiger partial charge on any atom is 0.267 e. The number of carbonyl (C=O) groups is 2. The van der Waals surface area contributed by atoms with E-state index in [1.165, 1.54) is 4.90 Å². The molecule has 0 spiro atoms. The molecule has 0 unspecified atom stereocenters. The van der Waals surface area contributed by atoms with E-state index in [0.717, 1.165) is 5.56 Å². The van der Waals surface area contributed by atoms with Crippen molar-refractivity contribution in [3.05, 3.63) is 82.9 Å². The van der Waals surface area contributed by atoms with Crippen molar-refractivity contribution in [1.82, 2.24) is 0 Å². The highest BCUT2D eigenvalue weighted by Crippen LogP contribution is 2.35. The number of nitrogens with one attached hydrogen (secondary N) is 1. The number of likely N-dealkylation sites (N-methyl/N-ethyl adjacent to an activating group) is 1. The van der Waals surface area contributed by atoms with Crippen LogP contribution in [-0.2, 0) is 11.4 Å². The van der Waals surface area contributed by atoms with Crippen LogP contribution < -0.4 is 19.7 Å². The summed E-state index contributed by atoms with van der Waals surface area (Å²) in [5.74, 6) is 0.837. The zero-order valence-electron chi connectivity index (χ0n) is 17.1. The smallest absolute Gasteiger partial charge is 0.267 e. The van der Waals surface area contributed by atoms with Crippen LogP contribution in [-0.4, -0.2) is 25.0 Å². The third-order valence-electron chi connectivity index (χ3n) is 5.03. The van der Waals surface area contributed by atoms with Gasteiger partial charge >= 0.3 is 0 Å². The van der Waals surface area contributed by atoms with Gasteiger partial charge < -0.3 is 19.7 Å². The lowest BCUT2D eigenvalue weighted by Crippen LogP contribution is -2.41. The second-order valence-corrected chi connectivity index (χ2v) is 7.61. The van der Waals surface area contributed by atoms with Gasteiger partial charge in [0.05, 0.1) is 5.69 Å². The van der Waals surface area contributed by atoms with Crippen LogP contribution in [0.5, 0.6) is 11.5 Å². The van der Waals surface area contributed by atoms with E-state index in [0.29, 0.717) is 40.1 Å². The molecule has 3 aromatic carbocycles. The van der Waals surface area contributed by atoms with E-state index in [9.17, 15) is 9.59 Å². The number of hydrogen-bond acceptors (Lipinski definition) is 4. The zero-order chi connectivity index (χ0) is 22.0. The van der Waals surface area contributed by atoms with E-state index in [1.807, 2.05) is 24.3 Å². The second kappa shape index (κ2) is 8.70. The first-order chi connectivity index (χ1) is 14.9. The van der Waals surface area contributed by atoms with E-state index < -0.39 is 6.10 Å². The van der Waals surface area contributed by atoms with Crippen molar-refractivity contribution in [2.75, 3.05) is 17.3 Å². The van der Waals surface area contributed by atoms with E-state index in [1.54, 1.807) is 56.4 Å². The van der Waals surface area contributed by atoms with Crippen LogP contribution in [0.3, 0.4) is 0 Å². The summed E-state index contributed by atoms with van der Waals surface area (Å²) in [6, 6.07) is 19.5. The Bertz CT molecular complexity index is 1130. The number of nitrogens with zero attached hydrogens (tertiary/aromatic N) is 1. The van der Waals surface area contributed by atoms with Gasteiger partial charge in [-0.1, -0.05) is 29.8 Å². The Balaban J connectivity index is 1.41. The maximum absolute atomic E-state index is 12.6. The molecule has 4 rings (SSSR count). The molecule has 0 aromatic heterocycles. The molecule has 158 valence electrons. The van der Waals surface area contributed by atoms with Gasteiger partial charge in [-0.2, -0.15) is 0 Å². The number of ether oxygens (including phenoxy) is 2. The molecule has 1 N–H and O–H groups in total. The lowest BCUT2D eigenvalue weighted by molar-refractivity contribution is -0.125. The Hall–Kier alpha value is -3.51. The topological polar surface area (TPSA) is 67.9 Å². The summed E-state index contributed by atoms with van der Waals surface area (Å²) in [7, 11) is 1.69. The van der Waals surface area contributed by atoms with Crippen molar-refractivity contribution in [2.24, 2.45) is 0 Å². The Morgan fingerprint density at radius 2 is 1.87 bits per heavy atom. The number of rotatable bonds is 5. The summed E-state index contributed by atoms with van der Waals surface area (Å²) >= 11 is 6.14. The average molecular weight is 437 g/mol. The first-order valence-corrected chi connectivity index (χ1v) is 10.2. The van der Waals surface area contributed by atoms with Gasteiger partial charge in [0.1, 0.15) is 18.1 Å². The minimum Gasteiger partial charge on any atom is -0.489 e. The fraction of sp³-hybridized carbons (Fsp3) is 0.167. The first-order valence-electron chi connectivity index (χ1n) is 9.78. The predicted octanol–water partition coefficient (Wildman–Crippen LogP) is 4.92. The van der Waals surface area contributed by atoms with Crippen molar-refractivity contribution < 1.29 is 19.1 Å². The molecule has 0 saturated carbocycles. The van der Waals surface area contributed by atoms with Crippen molar-refractivity contribution in [2.45, 2.75) is 19.6 Å². The molecule has 0 fully saturated rings. The van der Waals surface area contributed by atoms with Gasteiger partial charge in [-0.05, 0) is 55.5 Å². The number of amides is 2. The lowest BCUT2D eigenvalue weighted by atomic mass is 10.1. The third-order valence-corrected chi connectivity index (χ3v) is 5.40. The lowest BCUT2D eigenvalue weighted by Gasteiger charge is -2.30. The fourth-order valence-corrected chi connectivity index (χ4v) is 3.46. The maximum atomic E-state index is 12.6. The van der Waals surface area contributed by atoms with E-state index >= 15 is 0 Å². The molecule has 0 saturated heterocycles. The molecule has 1 heterocycles. The number of benzene rings is 3. The number of halogens is 1. The molecule has 6 nitrogen and oxygen atoms in total. The molecule has 0 aliphatic carbocycles. The van der Waals surface area contributed by atoms with Crippen LogP contribution in [0, 0.1) is 0 Å². The summed E-state index contributed by atoms with van der Waals surface area (Å²) < 4.78 is 11.4. The van der Waals surface area contributed by atoms with Gasteiger partial charge in [0, 0.05) is 28.9 Å². The molecule has 1 atom stereocenters. The summed E-state index contributed by atoms with van der Waals surface area (Å²) in [5.41, 5.74) is 2.56. The third kappa shape index (κ3) is 4.49. The van der Waals surface area contributed by atoms with Gasteiger partial charge in [-0.15, -0.1) is 0 Å². The molecule has 1 aliphatic rings. The first kappa shape index (κ1) is 20.8. The Labute approximate surface area is 185 Å². The molecule has 0 bridgehead atoms. The molecular formula is C24H21ClN2O4. The van der Waals surface area contributed by atoms with E-state index in [2.05, 4.69) is 5.32 Å². The molecule has 31 heavy (non-hydrogen) atoms. The molecule has 3 aromatic rings. The molecule has 0 radical (unpaired) electrons. The normalized spacial score (nSPS) is 15.1. The fourth-order valence-electron chi connectivity index (χ4n) is 3.27. The van der Waals surface area contributed by atoms with Gasteiger partial charge in [-0.25, -0.2) is 0 Å². The van der Waals surface area contributed by atoms with Crippen LogP contribution in [0.2, 0.25) is 5.02 Å². The van der Waals surface area contributed by atoms with Crippen LogP contribution >= 0.6 is 11.6 Å². The summed E-state index contributed by atoms with van der Waals surface area (Å²) in [4.78, 5) is 26.3. The summed E-state index contributed by atoms with van der Waals surface area (Å²) in [6.07, 6.45) is -0.531. The van der Waals surface area contributed by atoms with E-state index in [-0.39, 0.29) is 11.8 Å². The Morgan fingerprint density at radius 3 is 2.61 bits per heavy atom. The monoisotopic (exact) mass is 436 g/mol. The largest absolute Gasteiger partial charge is 0.489 e. The number of anilines is 2. The van der Waals surface area contributed by atoms with Crippen molar-refractivity contribution in [3.63, 3.8) is 0 Å². The zero-order valence-corrected chi connectivity index (χ0v) is 17.8. The van der Waals surface area contributed by atoms with Crippen LogP contribution in [0.4, 0.5) is 11.4 Å². The summed E-state index contributed by atoms with van der Waals surface area (Å²) in [6.45, 7) is 2.05. The summed E-state index contributed by atoms with van der Waals surface area (Å²) in [5, 5.41) is 3.50. The van der Waals surface area contributed by atoms with Gasteiger partial charge in [-0.3, -0.25) is 9.59 Å². The number of carbonyl (C=O) groups excluding carboxylic acids is 2. The number of hydrogen-bond donors (Lipinski definition) is 1. The Kier molecular flexibility index (Phi) is 5.82. The number of fused-ring (bicyclic) bond motifs is 1. The SMILES string of the molecule is C[C@H]1Oc2ccc(NC(=O)c3ccc(OCc4ccccc4Cl)cc3)cc2N(C)C1=O. The van der Waals surface area contributed by atoms with Crippen molar-refractivity contribution in [1.29, 1.82) is 0 Å². The minimum atomic E-state index is -0.531. The van der Waals surface area contributed by atoms with Crippen LogP contribution in [0.1, 0.15) is 22.8 Å². The van der Waals surface area contributed by atoms with E-state index in [4.69, 9.17) is 21.1 Å². The quantitative estimate of drug-likeness (QED) is 0.616. The molecule has 7 heteroatoms. The standard InChI is InChI=1S/C24H21ClN2O4/c1-15-24(29)27(2)21-13-18(9-12-22(21)31-15)26-23(28)16-7-10-19(11-8-16)30-14-17-5-3-4-6-20(17)25/h3-13,15H,14H2,1-2H3,(H,26,28)/t15-/m1/s1. The highest BCUT2D eigenvalue weighted by atomic mass is 35.5. The second-order valence-electron chi connectivity index (χ2n) is 7.20. The minimum absolute atomic E-state index is 0.136. The van der Waals surface area contributed by atoms with Crippen molar-refractivity contribution >= 4 is 34.8 Å². The molecule has 1 aliphatic heterocycles. The van der Waals surface area contributed by atoms with Crippen molar-refractivity contribution in [3.8, 4) is 11.5 Å². The van der Waals surface area contributed by atoms with Crippen LogP contribution in [0.15, 0.2) is 66.7 Å². The molecule has 2 amide bonds. The highest BCUT2D eigenvalue weighted by Gasteiger charge is 2.29. The van der Waals surface area contributed by atoms with Gasteiger partial charge in [0.2, 0.25) is 0 Å². The molecular weight excluding hydrogens is 416 g/mol. The van der Waals surface area contributed by atoms with Gasteiger partial charge in [0.15, 0.2) is 6.10 Å². The highest BCUT2D eigenvalue weighted by molar-refractivity contribution is 6.31. The Morgan fingerprint density at radius 1 is 1.13 bits per heavy atom. The average Bonchev–Trinajstić information content (AvgIpc) is 2.78. The predicted molar refractivity (Wildman–Crippen MR) is 120 cm³/mol.